The lowest BCUT2D eigenvalue weighted by Gasteiger charge is -2.10. The number of aryl methyl sites for hydroxylation is 2. The molecule has 0 saturated heterocycles. The molecule has 0 atom stereocenters. The first-order chi connectivity index (χ1) is 15.1. The van der Waals surface area contributed by atoms with Crippen molar-refractivity contribution >= 4 is 45.4 Å². The lowest BCUT2D eigenvalue weighted by atomic mass is 10.3. The zero-order chi connectivity index (χ0) is 21.8. The maximum Gasteiger partial charge on any atom is 0.350 e. The van der Waals surface area contributed by atoms with Gasteiger partial charge in [0, 0.05) is 25.5 Å². The maximum atomic E-state index is 12.1. The predicted octanol–water partition coefficient (Wildman–Crippen LogP) is 3.54. The molecule has 0 aliphatic carbocycles. The molecule has 4 aromatic heterocycles. The van der Waals surface area contributed by atoms with Gasteiger partial charge in [-0.2, -0.15) is 9.97 Å². The third-order valence-corrected chi connectivity index (χ3v) is 5.52. The van der Waals surface area contributed by atoms with Gasteiger partial charge in [-0.25, -0.2) is 14.8 Å². The van der Waals surface area contributed by atoms with Gasteiger partial charge in [0.25, 0.3) is 0 Å². The van der Waals surface area contributed by atoms with Crippen molar-refractivity contribution in [2.45, 2.75) is 33.9 Å². The van der Waals surface area contributed by atoms with Gasteiger partial charge in [-0.15, -0.1) is 0 Å². The van der Waals surface area contributed by atoms with Gasteiger partial charge in [-0.1, -0.05) is 17.4 Å². The highest BCUT2D eigenvalue weighted by Crippen LogP contribution is 2.28. The lowest BCUT2D eigenvalue weighted by molar-refractivity contribution is 0.0531. The summed E-state index contributed by atoms with van der Waals surface area (Å²) in [6.45, 7) is 7.17. The fraction of sp³-hybridized carbons (Fsp3) is 0.300. The van der Waals surface area contributed by atoms with Crippen molar-refractivity contribution in [1.82, 2.24) is 29.5 Å². The van der Waals surface area contributed by atoms with Crippen molar-refractivity contribution in [1.29, 1.82) is 0 Å². The van der Waals surface area contributed by atoms with Gasteiger partial charge >= 0.3 is 5.97 Å². The number of carbonyl (C=O) groups excluding carboxylic acids is 1. The number of anilines is 3. The summed E-state index contributed by atoms with van der Waals surface area (Å²) in [5.41, 5.74) is 3.00. The summed E-state index contributed by atoms with van der Waals surface area (Å²) in [6.07, 6.45) is 5.28. The van der Waals surface area contributed by atoms with Crippen LogP contribution in [0.25, 0.3) is 11.2 Å². The number of pyridine rings is 1. The van der Waals surface area contributed by atoms with E-state index in [1.54, 1.807) is 32.6 Å². The number of nitrogens with zero attached hydrogens (tertiary/aromatic N) is 6. The molecular weight excluding hydrogens is 416 g/mol. The van der Waals surface area contributed by atoms with Crippen molar-refractivity contribution in [3.63, 3.8) is 0 Å². The highest BCUT2D eigenvalue weighted by Gasteiger charge is 2.18. The molecule has 0 spiro atoms. The van der Waals surface area contributed by atoms with E-state index in [0.717, 1.165) is 17.6 Å². The third kappa shape index (κ3) is 4.45. The first kappa shape index (κ1) is 20.7. The Morgan fingerprint density at radius 1 is 1.26 bits per heavy atom. The summed E-state index contributed by atoms with van der Waals surface area (Å²) >= 11 is 1.20. The molecule has 2 N–H and O–H groups in total. The molecule has 11 heteroatoms. The van der Waals surface area contributed by atoms with E-state index in [-0.39, 0.29) is 5.97 Å². The molecule has 0 radical (unpaired) electrons. The number of fused-ring (bicyclic) bond motifs is 1. The van der Waals surface area contributed by atoms with Gasteiger partial charge in [0.1, 0.15) is 10.4 Å². The van der Waals surface area contributed by atoms with E-state index in [1.807, 2.05) is 23.6 Å². The van der Waals surface area contributed by atoms with Gasteiger partial charge in [0.2, 0.25) is 5.95 Å². The standard InChI is InChI=1S/C20H22N8O2S/c1-4-28-11-23-17-14(28)16(22-10-13-7-6-8-21-9-13)25-19(26-17)27-20-24-12(3)15(31-20)18(29)30-5-2/h6-9,11H,4-5,10H2,1-3H3,(H2,22,24,25,26,27). The monoisotopic (exact) mass is 438 g/mol. The van der Waals surface area contributed by atoms with Crippen molar-refractivity contribution < 1.29 is 9.53 Å². The van der Waals surface area contributed by atoms with E-state index < -0.39 is 0 Å². The topological polar surface area (TPSA) is 120 Å². The molecule has 10 nitrogen and oxygen atoms in total. The number of imidazole rings is 1. The van der Waals surface area contributed by atoms with Gasteiger partial charge in [-0.3, -0.25) is 10.3 Å². The number of rotatable bonds is 8. The minimum Gasteiger partial charge on any atom is -0.462 e. The average Bonchev–Trinajstić information content (AvgIpc) is 3.36. The van der Waals surface area contributed by atoms with Crippen LogP contribution in [0.1, 0.15) is 34.8 Å². The van der Waals surface area contributed by atoms with Gasteiger partial charge < -0.3 is 14.6 Å². The van der Waals surface area contributed by atoms with Crippen LogP contribution in [-0.4, -0.2) is 42.1 Å². The smallest absolute Gasteiger partial charge is 0.350 e. The number of esters is 1. The van der Waals surface area contributed by atoms with Crippen molar-refractivity contribution in [2.75, 3.05) is 17.2 Å². The van der Waals surface area contributed by atoms with E-state index in [0.29, 0.717) is 46.3 Å². The summed E-state index contributed by atoms with van der Waals surface area (Å²) in [5, 5.41) is 6.96. The van der Waals surface area contributed by atoms with E-state index in [9.17, 15) is 4.79 Å². The Balaban J connectivity index is 1.64. The summed E-state index contributed by atoms with van der Waals surface area (Å²) in [7, 11) is 0. The molecule has 4 rings (SSSR count). The maximum absolute atomic E-state index is 12.1. The average molecular weight is 439 g/mol. The zero-order valence-corrected chi connectivity index (χ0v) is 18.2. The number of nitrogens with one attached hydrogen (secondary N) is 2. The van der Waals surface area contributed by atoms with Crippen LogP contribution in [0, 0.1) is 6.92 Å². The third-order valence-electron chi connectivity index (χ3n) is 4.47. The molecule has 0 aliphatic rings. The summed E-state index contributed by atoms with van der Waals surface area (Å²) in [4.78, 5) is 34.7. The molecule has 0 aromatic carbocycles. The summed E-state index contributed by atoms with van der Waals surface area (Å²) in [6, 6.07) is 3.88. The fourth-order valence-electron chi connectivity index (χ4n) is 3.02. The number of hydrogen-bond donors (Lipinski definition) is 2. The van der Waals surface area contributed by atoms with E-state index in [4.69, 9.17) is 4.74 Å². The first-order valence-corrected chi connectivity index (χ1v) is 10.7. The SMILES string of the molecule is CCOC(=O)c1sc(Nc2nc(NCc3cccnc3)c3c(ncn3CC)n2)nc1C. The lowest BCUT2D eigenvalue weighted by Crippen LogP contribution is -2.07. The van der Waals surface area contributed by atoms with Crippen molar-refractivity contribution in [3.05, 3.63) is 47.0 Å². The largest absolute Gasteiger partial charge is 0.462 e. The molecule has 31 heavy (non-hydrogen) atoms. The Hall–Kier alpha value is -3.60. The number of carbonyl (C=O) groups is 1. The van der Waals surface area contributed by atoms with Crippen LogP contribution >= 0.6 is 11.3 Å². The minimum absolute atomic E-state index is 0.310. The summed E-state index contributed by atoms with van der Waals surface area (Å²) < 4.78 is 7.07. The number of thiazole rings is 1. The summed E-state index contributed by atoms with van der Waals surface area (Å²) in [5.74, 6) is 0.601. The zero-order valence-electron chi connectivity index (χ0n) is 17.4. The van der Waals surface area contributed by atoms with Gasteiger partial charge in [0.15, 0.2) is 16.6 Å². The molecule has 0 unspecified atom stereocenters. The van der Waals surface area contributed by atoms with Gasteiger partial charge in [0.05, 0.1) is 18.6 Å². The molecule has 0 saturated carbocycles. The Bertz CT molecular complexity index is 1200. The van der Waals surface area contributed by atoms with Crippen LogP contribution in [0.3, 0.4) is 0 Å². The number of hydrogen-bond acceptors (Lipinski definition) is 10. The van der Waals surface area contributed by atoms with E-state index in [1.165, 1.54) is 11.3 Å². The molecule has 0 bridgehead atoms. The van der Waals surface area contributed by atoms with Crippen molar-refractivity contribution in [3.8, 4) is 0 Å². The quantitative estimate of drug-likeness (QED) is 0.398. The second-order valence-electron chi connectivity index (χ2n) is 6.59. The highest BCUT2D eigenvalue weighted by atomic mass is 32.1. The highest BCUT2D eigenvalue weighted by molar-refractivity contribution is 7.17. The Labute approximate surface area is 182 Å². The molecular formula is C20H22N8O2S. The molecule has 0 amide bonds. The fourth-order valence-corrected chi connectivity index (χ4v) is 3.87. The normalized spacial score (nSPS) is 10.9. The van der Waals surface area contributed by atoms with Gasteiger partial charge in [-0.05, 0) is 32.4 Å². The molecule has 160 valence electrons. The Morgan fingerprint density at radius 3 is 2.87 bits per heavy atom. The van der Waals surface area contributed by atoms with Crippen LogP contribution in [0.5, 0.6) is 0 Å². The van der Waals surface area contributed by atoms with Crippen LogP contribution in [0.15, 0.2) is 30.9 Å². The molecule has 4 aromatic rings. The molecule has 4 heterocycles. The first-order valence-electron chi connectivity index (χ1n) is 9.86. The molecule has 0 aliphatic heterocycles. The minimum atomic E-state index is -0.387. The number of aromatic nitrogens is 6. The Kier molecular flexibility index (Phi) is 6.03. The van der Waals surface area contributed by atoms with E-state index in [2.05, 4.69) is 35.6 Å². The number of ether oxygens (including phenoxy) is 1. The van der Waals surface area contributed by atoms with Crippen LogP contribution in [0.2, 0.25) is 0 Å². The van der Waals surface area contributed by atoms with E-state index >= 15 is 0 Å². The Morgan fingerprint density at radius 2 is 2.13 bits per heavy atom. The second-order valence-corrected chi connectivity index (χ2v) is 7.59. The van der Waals surface area contributed by atoms with Crippen LogP contribution < -0.4 is 10.6 Å². The second kappa shape index (κ2) is 9.04. The van der Waals surface area contributed by atoms with Crippen LogP contribution in [0.4, 0.5) is 16.9 Å². The predicted molar refractivity (Wildman–Crippen MR) is 119 cm³/mol. The van der Waals surface area contributed by atoms with Crippen LogP contribution in [-0.2, 0) is 17.8 Å². The molecule has 0 fully saturated rings. The van der Waals surface area contributed by atoms with Crippen molar-refractivity contribution in [2.24, 2.45) is 0 Å².